The van der Waals surface area contributed by atoms with Crippen molar-refractivity contribution in [3.05, 3.63) is 46.5 Å². The second kappa shape index (κ2) is 8.55. The third-order valence-corrected chi connectivity index (χ3v) is 5.15. The monoisotopic (exact) mass is 446 g/mol. The van der Waals surface area contributed by atoms with Gasteiger partial charge in [-0.15, -0.1) is 0 Å². The third kappa shape index (κ3) is 4.01. The standard InChI is InChI=1S/C19H22N6O7/c20-11(5-9-1-3-10(27)4-2-9)18(30)32-25-17(29)15-16(23-19(25)21)24(8-22-15)14-6-12(28)13(7-26)31-14/h1-4,8,11-14,26-28H,5-7,20H2,(H2,21,23)/t11-,12?,13+,14+/m0/s1. The van der Waals surface area contributed by atoms with Crippen molar-refractivity contribution in [1.29, 1.82) is 0 Å². The van der Waals surface area contributed by atoms with Crippen LogP contribution in [0.5, 0.6) is 5.75 Å². The van der Waals surface area contributed by atoms with Crippen molar-refractivity contribution in [2.45, 2.75) is 37.3 Å². The van der Waals surface area contributed by atoms with E-state index in [1.807, 2.05) is 0 Å². The number of hydrogen-bond acceptors (Lipinski definition) is 11. The van der Waals surface area contributed by atoms with Crippen LogP contribution < -0.4 is 21.9 Å². The number of carbonyl (C=O) groups excluding carboxylic acids is 1. The Morgan fingerprint density at radius 2 is 2.06 bits per heavy atom. The van der Waals surface area contributed by atoms with Crippen molar-refractivity contribution >= 4 is 23.1 Å². The second-order valence-corrected chi connectivity index (χ2v) is 7.40. The van der Waals surface area contributed by atoms with Gasteiger partial charge in [-0.1, -0.05) is 16.9 Å². The highest BCUT2D eigenvalue weighted by atomic mass is 16.7. The molecule has 0 spiro atoms. The molecule has 13 heteroatoms. The molecule has 3 aromatic rings. The Hall–Kier alpha value is -3.52. The summed E-state index contributed by atoms with van der Waals surface area (Å²) in [6.07, 6.45) is -0.829. The molecular weight excluding hydrogens is 424 g/mol. The Balaban J connectivity index is 1.55. The number of aromatic hydroxyl groups is 1. The minimum Gasteiger partial charge on any atom is -0.508 e. The van der Waals surface area contributed by atoms with Gasteiger partial charge in [-0.3, -0.25) is 9.36 Å². The lowest BCUT2D eigenvalue weighted by Gasteiger charge is -2.15. The van der Waals surface area contributed by atoms with E-state index in [1.165, 1.54) is 23.0 Å². The van der Waals surface area contributed by atoms with Gasteiger partial charge in [0.15, 0.2) is 11.2 Å². The number of fused-ring (bicyclic) bond motifs is 1. The molecule has 32 heavy (non-hydrogen) atoms. The van der Waals surface area contributed by atoms with Crippen molar-refractivity contribution in [3.63, 3.8) is 0 Å². The Bertz CT molecular complexity index is 1190. The predicted octanol–water partition coefficient (Wildman–Crippen LogP) is -1.95. The maximum Gasteiger partial charge on any atom is 0.350 e. The molecule has 1 fully saturated rings. The van der Waals surface area contributed by atoms with Crippen molar-refractivity contribution in [2.75, 3.05) is 12.3 Å². The van der Waals surface area contributed by atoms with E-state index in [0.29, 0.717) is 10.3 Å². The number of nitrogen functional groups attached to an aromatic ring is 1. The highest BCUT2D eigenvalue weighted by Gasteiger charge is 2.35. The Morgan fingerprint density at radius 3 is 2.72 bits per heavy atom. The molecule has 1 aromatic carbocycles. The van der Waals surface area contributed by atoms with Gasteiger partial charge in [0.2, 0.25) is 5.95 Å². The van der Waals surface area contributed by atoms with Crippen molar-refractivity contribution in [3.8, 4) is 5.75 Å². The smallest absolute Gasteiger partial charge is 0.350 e. The quantitative estimate of drug-likeness (QED) is 0.282. The molecule has 7 N–H and O–H groups in total. The third-order valence-electron chi connectivity index (χ3n) is 5.15. The molecule has 3 heterocycles. The van der Waals surface area contributed by atoms with Crippen LogP contribution in [0.15, 0.2) is 35.4 Å². The van der Waals surface area contributed by atoms with Crippen LogP contribution in [0.3, 0.4) is 0 Å². The van der Waals surface area contributed by atoms with Crippen LogP contribution in [-0.2, 0) is 16.0 Å². The number of anilines is 1. The maximum atomic E-state index is 12.8. The molecule has 1 aliphatic rings. The van der Waals surface area contributed by atoms with E-state index in [0.717, 1.165) is 0 Å². The summed E-state index contributed by atoms with van der Waals surface area (Å²) >= 11 is 0. The SMILES string of the molecule is Nc1nc2c(ncn2[C@H]2CC(O)[C@@H](CO)O2)c(=O)n1OC(=O)[C@@H](N)Cc1ccc(O)cc1. The van der Waals surface area contributed by atoms with Crippen molar-refractivity contribution < 1.29 is 29.7 Å². The number of nitrogens with zero attached hydrogens (tertiary/aromatic N) is 4. The van der Waals surface area contributed by atoms with Crippen LogP contribution in [-0.4, -0.2) is 65.4 Å². The first-order valence-corrected chi connectivity index (χ1v) is 9.73. The van der Waals surface area contributed by atoms with Gasteiger partial charge < -0.3 is 36.4 Å². The zero-order chi connectivity index (χ0) is 23.0. The Labute approximate surface area is 180 Å². The van der Waals surface area contributed by atoms with Gasteiger partial charge in [-0.05, 0) is 24.1 Å². The molecule has 4 rings (SSSR count). The first-order chi connectivity index (χ1) is 15.3. The summed E-state index contributed by atoms with van der Waals surface area (Å²) in [5.74, 6) is -1.25. The predicted molar refractivity (Wildman–Crippen MR) is 109 cm³/mol. The maximum absolute atomic E-state index is 12.8. The number of aliphatic hydroxyl groups is 2. The molecule has 170 valence electrons. The van der Waals surface area contributed by atoms with Crippen LogP contribution in [0.25, 0.3) is 11.2 Å². The first-order valence-electron chi connectivity index (χ1n) is 9.73. The molecule has 0 amide bonds. The number of carbonyl (C=O) groups is 1. The molecule has 4 atom stereocenters. The van der Waals surface area contributed by atoms with E-state index >= 15 is 0 Å². The van der Waals surface area contributed by atoms with Gasteiger partial charge in [0.25, 0.3) is 0 Å². The van der Waals surface area contributed by atoms with E-state index in [-0.39, 0.29) is 36.4 Å². The van der Waals surface area contributed by atoms with Gasteiger partial charge in [0.1, 0.15) is 24.1 Å². The molecule has 2 aromatic heterocycles. The lowest BCUT2D eigenvalue weighted by Crippen LogP contribution is -2.43. The van der Waals surface area contributed by atoms with Crippen molar-refractivity contribution in [1.82, 2.24) is 19.3 Å². The van der Waals surface area contributed by atoms with Crippen molar-refractivity contribution in [2.24, 2.45) is 5.73 Å². The minimum atomic E-state index is -1.11. The lowest BCUT2D eigenvalue weighted by atomic mass is 10.1. The number of nitrogens with two attached hydrogens (primary N) is 2. The highest BCUT2D eigenvalue weighted by Crippen LogP contribution is 2.30. The van der Waals surface area contributed by atoms with E-state index in [1.54, 1.807) is 12.1 Å². The molecule has 0 saturated carbocycles. The molecule has 1 aliphatic heterocycles. The van der Waals surface area contributed by atoms with E-state index in [4.69, 9.17) is 21.0 Å². The number of benzene rings is 1. The second-order valence-electron chi connectivity index (χ2n) is 7.40. The van der Waals surface area contributed by atoms with Crippen LogP contribution >= 0.6 is 0 Å². The molecule has 0 radical (unpaired) electrons. The number of phenols is 1. The summed E-state index contributed by atoms with van der Waals surface area (Å²) in [7, 11) is 0. The highest BCUT2D eigenvalue weighted by molar-refractivity contribution is 5.77. The fourth-order valence-electron chi connectivity index (χ4n) is 3.45. The van der Waals surface area contributed by atoms with Crippen LogP contribution in [0, 0.1) is 0 Å². The lowest BCUT2D eigenvalue weighted by molar-refractivity contribution is -0.145. The van der Waals surface area contributed by atoms with Gasteiger partial charge in [0.05, 0.1) is 19.0 Å². The number of hydrogen-bond donors (Lipinski definition) is 5. The molecule has 1 saturated heterocycles. The van der Waals surface area contributed by atoms with E-state index in [9.17, 15) is 24.9 Å². The van der Waals surface area contributed by atoms with Gasteiger partial charge in [-0.2, -0.15) is 4.98 Å². The number of imidazole rings is 1. The fourth-order valence-corrected chi connectivity index (χ4v) is 3.45. The summed E-state index contributed by atoms with van der Waals surface area (Å²) in [4.78, 5) is 38.4. The molecular formula is C19H22N6O7. The first kappa shape index (κ1) is 21.7. The number of ether oxygens (including phenoxy) is 1. The number of aliphatic hydroxyl groups excluding tert-OH is 2. The van der Waals surface area contributed by atoms with Gasteiger partial charge >= 0.3 is 11.5 Å². The van der Waals surface area contributed by atoms with Crippen LogP contribution in [0.4, 0.5) is 5.95 Å². The topological polar surface area (TPSA) is 201 Å². The zero-order valence-electron chi connectivity index (χ0n) is 16.7. The summed E-state index contributed by atoms with van der Waals surface area (Å²) in [6.45, 7) is -0.368. The average Bonchev–Trinajstić information content (AvgIpc) is 3.35. The molecule has 1 unspecified atom stereocenters. The summed E-state index contributed by atoms with van der Waals surface area (Å²) < 4.78 is 7.49. The summed E-state index contributed by atoms with van der Waals surface area (Å²) in [6, 6.07) is 5.02. The largest absolute Gasteiger partial charge is 0.508 e. The van der Waals surface area contributed by atoms with E-state index < -0.39 is 42.0 Å². The summed E-state index contributed by atoms with van der Waals surface area (Å²) in [5.41, 5.74) is 11.5. The molecule has 0 aliphatic carbocycles. The molecule has 0 bridgehead atoms. The Kier molecular flexibility index (Phi) is 5.80. The normalized spacial score (nSPS) is 21.7. The van der Waals surface area contributed by atoms with E-state index in [2.05, 4.69) is 9.97 Å². The average molecular weight is 446 g/mol. The summed E-state index contributed by atoms with van der Waals surface area (Å²) in [5, 5.41) is 28.5. The minimum absolute atomic E-state index is 0.0731. The fraction of sp³-hybridized carbons (Fsp3) is 0.368. The number of rotatable bonds is 6. The van der Waals surface area contributed by atoms with Crippen LogP contribution in [0.2, 0.25) is 0 Å². The Morgan fingerprint density at radius 1 is 1.34 bits per heavy atom. The number of phenolic OH excluding ortho intramolecular Hbond substituents is 1. The zero-order valence-corrected chi connectivity index (χ0v) is 16.7. The van der Waals surface area contributed by atoms with Crippen LogP contribution in [0.1, 0.15) is 18.2 Å². The van der Waals surface area contributed by atoms with Gasteiger partial charge in [0, 0.05) is 6.42 Å². The van der Waals surface area contributed by atoms with Gasteiger partial charge in [-0.25, -0.2) is 9.78 Å². The number of aromatic nitrogens is 4. The molecule has 13 nitrogen and oxygen atoms in total.